The molecule has 2 aromatic heterocycles. The number of hydrogen-bond donors (Lipinski definition) is 0. The fraction of sp³-hybridized carbons (Fsp3) is 0.167. The molecule has 5 nitrogen and oxygen atoms in total. The second kappa shape index (κ2) is 6.80. The van der Waals surface area contributed by atoms with Crippen molar-refractivity contribution in [2.75, 3.05) is 7.11 Å². The van der Waals surface area contributed by atoms with Crippen molar-refractivity contribution in [2.24, 2.45) is 0 Å². The van der Waals surface area contributed by atoms with Crippen LogP contribution in [0.2, 0.25) is 0 Å². The lowest BCUT2D eigenvalue weighted by molar-refractivity contribution is 0.0456. The Balaban J connectivity index is 1.99. The molecule has 0 unspecified atom stereocenters. The molecule has 1 aromatic carbocycles. The van der Waals surface area contributed by atoms with E-state index in [-0.39, 0.29) is 6.61 Å². The minimum Gasteiger partial charge on any atom is -0.465 e. The quantitative estimate of drug-likeness (QED) is 0.676. The van der Waals surface area contributed by atoms with Gasteiger partial charge in [-0.3, -0.25) is 0 Å². The number of nitrogens with zero attached hydrogens (tertiary/aromatic N) is 1. The van der Waals surface area contributed by atoms with Crippen molar-refractivity contribution < 1.29 is 19.1 Å². The van der Waals surface area contributed by atoms with Crippen molar-refractivity contribution in [3.63, 3.8) is 0 Å². The first kappa shape index (κ1) is 16.1. The van der Waals surface area contributed by atoms with Gasteiger partial charge < -0.3 is 9.47 Å². The van der Waals surface area contributed by atoms with Crippen LogP contribution >= 0.6 is 11.3 Å². The van der Waals surface area contributed by atoms with Crippen LogP contribution in [0.5, 0.6) is 0 Å². The molecule has 0 atom stereocenters. The molecule has 0 saturated carbocycles. The van der Waals surface area contributed by atoms with E-state index >= 15 is 0 Å². The second-order valence-electron chi connectivity index (χ2n) is 5.16. The van der Waals surface area contributed by atoms with Gasteiger partial charge in [0.25, 0.3) is 0 Å². The van der Waals surface area contributed by atoms with Gasteiger partial charge in [0, 0.05) is 10.8 Å². The molecule has 122 valence electrons. The zero-order chi connectivity index (χ0) is 17.1. The summed E-state index contributed by atoms with van der Waals surface area (Å²) in [7, 11) is 1.32. The zero-order valence-electron chi connectivity index (χ0n) is 13.2. The number of thiophene rings is 1. The summed E-state index contributed by atoms with van der Waals surface area (Å²) in [6.45, 7) is 1.74. The molecule has 3 rings (SSSR count). The van der Waals surface area contributed by atoms with E-state index in [2.05, 4.69) is 4.98 Å². The average Bonchev–Trinajstić information content (AvgIpc) is 3.14. The molecule has 0 bridgehead atoms. The Morgan fingerprint density at radius 2 is 1.96 bits per heavy atom. The predicted molar refractivity (Wildman–Crippen MR) is 91.3 cm³/mol. The van der Waals surface area contributed by atoms with E-state index in [9.17, 15) is 9.59 Å². The highest BCUT2D eigenvalue weighted by molar-refractivity contribution is 7.08. The summed E-state index contributed by atoms with van der Waals surface area (Å²) in [5.41, 5.74) is 2.71. The topological polar surface area (TPSA) is 65.5 Å². The highest BCUT2D eigenvalue weighted by Gasteiger charge is 2.20. The van der Waals surface area contributed by atoms with Crippen molar-refractivity contribution in [1.29, 1.82) is 0 Å². The van der Waals surface area contributed by atoms with Gasteiger partial charge in [-0.2, -0.15) is 11.3 Å². The first-order valence-electron chi connectivity index (χ1n) is 7.27. The second-order valence-corrected chi connectivity index (χ2v) is 5.94. The fourth-order valence-electron chi connectivity index (χ4n) is 2.52. The first-order valence-corrected chi connectivity index (χ1v) is 8.22. The molecular formula is C18H15NO4S. The van der Waals surface area contributed by atoms with Crippen LogP contribution in [0.1, 0.15) is 32.0 Å². The van der Waals surface area contributed by atoms with Crippen molar-refractivity contribution in [3.8, 4) is 0 Å². The molecule has 3 aromatic rings. The molecule has 2 heterocycles. The maximum Gasteiger partial charge on any atom is 0.340 e. The summed E-state index contributed by atoms with van der Waals surface area (Å²) >= 11 is 1.42. The summed E-state index contributed by atoms with van der Waals surface area (Å²) < 4.78 is 10.2. The number of rotatable bonds is 4. The number of para-hydroxylation sites is 1. The highest BCUT2D eigenvalue weighted by Crippen LogP contribution is 2.24. The van der Waals surface area contributed by atoms with Crippen LogP contribution in [0, 0.1) is 6.92 Å². The molecule has 0 N–H and O–H groups in total. The number of benzene rings is 1. The van der Waals surface area contributed by atoms with Gasteiger partial charge in [-0.05, 0) is 30.0 Å². The Hall–Kier alpha value is -2.73. The summed E-state index contributed by atoms with van der Waals surface area (Å²) in [6.07, 6.45) is 0. The molecule has 24 heavy (non-hydrogen) atoms. The third kappa shape index (κ3) is 3.00. The lowest BCUT2D eigenvalue weighted by Gasteiger charge is -2.13. The number of methoxy groups -OCH3 is 1. The van der Waals surface area contributed by atoms with E-state index in [1.54, 1.807) is 16.8 Å². The molecule has 0 aliphatic heterocycles. The van der Waals surface area contributed by atoms with Crippen molar-refractivity contribution in [2.45, 2.75) is 13.5 Å². The number of pyridine rings is 1. The molecule has 0 aliphatic rings. The minimum atomic E-state index is -0.493. The maximum atomic E-state index is 12.2. The summed E-state index contributed by atoms with van der Waals surface area (Å²) in [5.74, 6) is -0.938. The van der Waals surface area contributed by atoms with Crippen molar-refractivity contribution in [1.82, 2.24) is 4.98 Å². The molecule has 0 aliphatic carbocycles. The van der Waals surface area contributed by atoms with Gasteiger partial charge in [-0.1, -0.05) is 18.2 Å². The number of aryl methyl sites for hydroxylation is 1. The first-order chi connectivity index (χ1) is 11.6. The Morgan fingerprint density at radius 3 is 2.67 bits per heavy atom. The lowest BCUT2D eigenvalue weighted by atomic mass is 10.0. The number of carbonyl (C=O) groups excluding carboxylic acids is 2. The molecule has 0 spiro atoms. The Bertz CT molecular complexity index is 903. The largest absolute Gasteiger partial charge is 0.465 e. The summed E-state index contributed by atoms with van der Waals surface area (Å²) in [6, 6.07) is 9.19. The number of hydrogen-bond acceptors (Lipinski definition) is 6. The van der Waals surface area contributed by atoms with Gasteiger partial charge in [-0.25, -0.2) is 14.6 Å². The van der Waals surface area contributed by atoms with Crippen LogP contribution < -0.4 is 0 Å². The van der Waals surface area contributed by atoms with Crippen LogP contribution in [-0.4, -0.2) is 24.0 Å². The third-order valence-electron chi connectivity index (χ3n) is 3.71. The van der Waals surface area contributed by atoms with Crippen LogP contribution in [0.4, 0.5) is 0 Å². The van der Waals surface area contributed by atoms with Crippen LogP contribution in [0.25, 0.3) is 10.9 Å². The number of fused-ring (bicyclic) bond motifs is 1. The van der Waals surface area contributed by atoms with E-state index in [1.165, 1.54) is 18.4 Å². The monoisotopic (exact) mass is 341 g/mol. The normalized spacial score (nSPS) is 10.6. The molecule has 6 heteroatoms. The number of carbonyl (C=O) groups is 2. The molecular weight excluding hydrogens is 326 g/mol. The maximum absolute atomic E-state index is 12.2. The van der Waals surface area contributed by atoms with E-state index in [1.807, 2.05) is 31.2 Å². The van der Waals surface area contributed by atoms with Gasteiger partial charge in [0.1, 0.15) is 6.61 Å². The van der Waals surface area contributed by atoms with E-state index in [0.29, 0.717) is 16.8 Å². The Kier molecular flexibility index (Phi) is 4.57. The average molecular weight is 341 g/mol. The van der Waals surface area contributed by atoms with Crippen LogP contribution in [-0.2, 0) is 16.1 Å². The minimum absolute atomic E-state index is 0.0925. The third-order valence-corrected chi connectivity index (χ3v) is 4.40. The van der Waals surface area contributed by atoms with E-state index in [0.717, 1.165) is 16.5 Å². The lowest BCUT2D eigenvalue weighted by Crippen LogP contribution is -2.13. The molecule has 0 radical (unpaired) electrons. The van der Waals surface area contributed by atoms with Crippen molar-refractivity contribution >= 4 is 34.2 Å². The Morgan fingerprint density at radius 1 is 1.17 bits per heavy atom. The van der Waals surface area contributed by atoms with Crippen LogP contribution in [0.15, 0.2) is 41.1 Å². The summed E-state index contributed by atoms with van der Waals surface area (Å²) in [5, 5.41) is 4.38. The summed E-state index contributed by atoms with van der Waals surface area (Å²) in [4.78, 5) is 28.7. The number of esters is 2. The standard InChI is InChI=1S/C18H15NO4S/c1-11-13-5-3-4-6-14(13)19-15(16(11)18(21)22-2)9-23-17(20)12-7-8-24-10-12/h3-8,10H,9H2,1-2H3. The predicted octanol–water partition coefficient (Wildman–Crippen LogP) is 3.75. The number of aromatic nitrogens is 1. The molecule has 0 fully saturated rings. The van der Waals surface area contributed by atoms with Gasteiger partial charge in [0.05, 0.1) is 29.4 Å². The highest BCUT2D eigenvalue weighted by atomic mass is 32.1. The number of ether oxygens (including phenoxy) is 2. The smallest absolute Gasteiger partial charge is 0.340 e. The fourth-order valence-corrected chi connectivity index (χ4v) is 3.14. The van der Waals surface area contributed by atoms with Gasteiger partial charge in [0.15, 0.2) is 0 Å². The van der Waals surface area contributed by atoms with Gasteiger partial charge in [-0.15, -0.1) is 0 Å². The molecule has 0 saturated heterocycles. The zero-order valence-corrected chi connectivity index (χ0v) is 14.1. The van der Waals surface area contributed by atoms with Crippen molar-refractivity contribution in [3.05, 3.63) is 63.5 Å². The van der Waals surface area contributed by atoms with E-state index < -0.39 is 11.9 Å². The van der Waals surface area contributed by atoms with E-state index in [4.69, 9.17) is 9.47 Å². The SMILES string of the molecule is COC(=O)c1c(COC(=O)c2ccsc2)nc2ccccc2c1C. The van der Waals surface area contributed by atoms with Crippen LogP contribution in [0.3, 0.4) is 0 Å². The van der Waals surface area contributed by atoms with Gasteiger partial charge in [0.2, 0.25) is 0 Å². The molecule has 0 amide bonds. The van der Waals surface area contributed by atoms with Gasteiger partial charge >= 0.3 is 11.9 Å². The Labute approximate surface area is 142 Å².